The maximum absolute atomic E-state index is 9.71. The molecule has 30 heavy (non-hydrogen) atoms. The maximum Gasteiger partial charge on any atom is 0.137 e. The maximum atomic E-state index is 9.71. The van der Waals surface area contributed by atoms with E-state index in [1.807, 2.05) is 12.1 Å². The van der Waals surface area contributed by atoms with Gasteiger partial charge in [-0.05, 0) is 56.6 Å². The van der Waals surface area contributed by atoms with Crippen molar-refractivity contribution in [3.05, 3.63) is 34.7 Å². The molecule has 0 aromatic carbocycles. The second-order valence-electron chi connectivity index (χ2n) is 8.20. The average molecular weight is 451 g/mol. The molecule has 0 unspecified atom stereocenters. The molecule has 2 aliphatic rings. The van der Waals surface area contributed by atoms with Crippen LogP contribution in [0.4, 0.5) is 11.5 Å². The topological polar surface area (TPSA) is 79.3 Å². The van der Waals surface area contributed by atoms with Crippen LogP contribution in [0.2, 0.25) is 10.2 Å². The van der Waals surface area contributed by atoms with E-state index in [0.717, 1.165) is 80.9 Å². The summed E-state index contributed by atoms with van der Waals surface area (Å²) in [6.07, 6.45) is 8.85. The highest BCUT2D eigenvalue weighted by Gasteiger charge is 2.20. The molecule has 0 radical (unpaired) electrons. The number of aliphatic hydroxyl groups is 1. The Bertz CT molecular complexity index is 853. The van der Waals surface area contributed by atoms with E-state index in [9.17, 15) is 5.11 Å². The molecule has 4 rings (SSSR count). The first-order valence-electron chi connectivity index (χ1n) is 10.7. The van der Waals surface area contributed by atoms with Gasteiger partial charge in [-0.25, -0.2) is 9.97 Å². The number of aliphatic hydroxyl groups excluding tert-OH is 1. The predicted molar refractivity (Wildman–Crippen MR) is 121 cm³/mol. The first-order valence-corrected chi connectivity index (χ1v) is 11.4. The molecule has 3 N–H and O–H groups in total. The van der Waals surface area contributed by atoms with Gasteiger partial charge in [-0.2, -0.15) is 0 Å². The first kappa shape index (κ1) is 21.6. The summed E-state index contributed by atoms with van der Waals surface area (Å²) in [7, 11) is 0. The van der Waals surface area contributed by atoms with Gasteiger partial charge < -0.3 is 20.5 Å². The van der Waals surface area contributed by atoms with E-state index in [1.54, 1.807) is 12.4 Å². The Labute approximate surface area is 187 Å². The van der Waals surface area contributed by atoms with Gasteiger partial charge in [0.05, 0.1) is 23.0 Å². The fourth-order valence-electron chi connectivity index (χ4n) is 4.10. The second kappa shape index (κ2) is 10.1. The molecule has 162 valence electrons. The molecule has 3 heterocycles. The summed E-state index contributed by atoms with van der Waals surface area (Å²) >= 11 is 12.9. The van der Waals surface area contributed by atoms with E-state index in [1.165, 1.54) is 0 Å². The summed E-state index contributed by atoms with van der Waals surface area (Å²) in [4.78, 5) is 8.80. The minimum Gasteiger partial charge on any atom is -0.393 e. The SMILES string of the molecule is OC1CCC(Nc2cc(-c3cc(NCC4CCOCC4)cnc3Cl)c(Cl)cn2)CC1. The fourth-order valence-corrected chi connectivity index (χ4v) is 4.51. The van der Waals surface area contributed by atoms with Crippen molar-refractivity contribution in [3.63, 3.8) is 0 Å². The smallest absolute Gasteiger partial charge is 0.137 e. The fraction of sp³-hybridized carbons (Fsp3) is 0.545. The van der Waals surface area contributed by atoms with Crippen LogP contribution in [0.1, 0.15) is 38.5 Å². The quantitative estimate of drug-likeness (QED) is 0.537. The highest BCUT2D eigenvalue weighted by atomic mass is 35.5. The number of hydrogen-bond donors (Lipinski definition) is 3. The Morgan fingerprint density at radius 1 is 0.967 bits per heavy atom. The summed E-state index contributed by atoms with van der Waals surface area (Å²) in [6.45, 7) is 2.55. The van der Waals surface area contributed by atoms with E-state index in [-0.39, 0.29) is 6.10 Å². The number of pyridine rings is 2. The van der Waals surface area contributed by atoms with Gasteiger partial charge in [0.15, 0.2) is 0 Å². The van der Waals surface area contributed by atoms with Crippen molar-refractivity contribution in [2.45, 2.75) is 50.7 Å². The summed E-state index contributed by atoms with van der Waals surface area (Å²) in [5.41, 5.74) is 2.50. The van der Waals surface area contributed by atoms with Crippen LogP contribution >= 0.6 is 23.2 Å². The lowest BCUT2D eigenvalue weighted by Gasteiger charge is -2.26. The van der Waals surface area contributed by atoms with Crippen LogP contribution in [0.3, 0.4) is 0 Å². The molecule has 1 saturated carbocycles. The van der Waals surface area contributed by atoms with Crippen LogP contribution in [0.15, 0.2) is 24.5 Å². The lowest BCUT2D eigenvalue weighted by atomic mass is 9.93. The van der Waals surface area contributed by atoms with Gasteiger partial charge in [-0.15, -0.1) is 0 Å². The average Bonchev–Trinajstić information content (AvgIpc) is 2.77. The van der Waals surface area contributed by atoms with Crippen LogP contribution in [-0.4, -0.2) is 47.0 Å². The summed E-state index contributed by atoms with van der Waals surface area (Å²) in [6, 6.07) is 4.23. The Morgan fingerprint density at radius 3 is 2.50 bits per heavy atom. The Morgan fingerprint density at radius 2 is 1.73 bits per heavy atom. The molecule has 2 fully saturated rings. The first-order chi connectivity index (χ1) is 14.6. The van der Waals surface area contributed by atoms with Gasteiger partial charge in [0.25, 0.3) is 0 Å². The molecule has 6 nitrogen and oxygen atoms in total. The highest BCUT2D eigenvalue weighted by molar-refractivity contribution is 6.36. The zero-order valence-corrected chi connectivity index (χ0v) is 18.4. The number of rotatable bonds is 6. The summed E-state index contributed by atoms with van der Waals surface area (Å²) in [5.74, 6) is 1.36. The molecular weight excluding hydrogens is 423 g/mol. The number of anilines is 2. The van der Waals surface area contributed by atoms with Crippen molar-refractivity contribution in [1.29, 1.82) is 0 Å². The van der Waals surface area contributed by atoms with Crippen molar-refractivity contribution in [3.8, 4) is 11.1 Å². The zero-order chi connectivity index (χ0) is 20.9. The van der Waals surface area contributed by atoms with Crippen molar-refractivity contribution >= 4 is 34.7 Å². The standard InChI is InChI=1S/C22H28Cl2N4O2/c23-20-13-26-21(28-15-1-3-17(29)4-2-15)10-18(20)19-9-16(12-27-22(19)24)25-11-14-5-7-30-8-6-14/h9-10,12-15,17,25,29H,1-8,11H2,(H,26,28). The molecule has 0 amide bonds. The lowest BCUT2D eigenvalue weighted by Crippen LogP contribution is -2.28. The molecule has 1 saturated heterocycles. The normalized spacial score (nSPS) is 22.6. The number of aromatic nitrogens is 2. The van der Waals surface area contributed by atoms with Crippen molar-refractivity contribution in [2.75, 3.05) is 30.4 Å². The van der Waals surface area contributed by atoms with E-state index in [4.69, 9.17) is 27.9 Å². The van der Waals surface area contributed by atoms with Crippen molar-refractivity contribution < 1.29 is 9.84 Å². The summed E-state index contributed by atoms with van der Waals surface area (Å²) < 4.78 is 5.43. The lowest BCUT2D eigenvalue weighted by molar-refractivity contribution is 0.0699. The molecule has 1 aliphatic carbocycles. The predicted octanol–water partition coefficient (Wildman–Crippen LogP) is 5.00. The van der Waals surface area contributed by atoms with E-state index in [0.29, 0.717) is 22.1 Å². The van der Waals surface area contributed by atoms with Crippen LogP contribution < -0.4 is 10.6 Å². The van der Waals surface area contributed by atoms with Gasteiger partial charge in [-0.3, -0.25) is 0 Å². The number of ether oxygens (including phenoxy) is 1. The minimum absolute atomic E-state index is 0.182. The van der Waals surface area contributed by atoms with Crippen molar-refractivity contribution in [1.82, 2.24) is 9.97 Å². The van der Waals surface area contributed by atoms with Crippen LogP contribution in [0.25, 0.3) is 11.1 Å². The number of hydrogen-bond acceptors (Lipinski definition) is 6. The van der Waals surface area contributed by atoms with Crippen LogP contribution in [0, 0.1) is 5.92 Å². The highest BCUT2D eigenvalue weighted by Crippen LogP contribution is 2.35. The van der Waals surface area contributed by atoms with E-state index >= 15 is 0 Å². The molecule has 2 aromatic heterocycles. The molecule has 0 atom stereocenters. The van der Waals surface area contributed by atoms with Crippen LogP contribution in [0.5, 0.6) is 0 Å². The molecular formula is C22H28Cl2N4O2. The number of nitrogens with zero attached hydrogens (tertiary/aromatic N) is 2. The van der Waals surface area contributed by atoms with Crippen molar-refractivity contribution in [2.24, 2.45) is 5.92 Å². The third-order valence-corrected chi connectivity index (χ3v) is 6.57. The monoisotopic (exact) mass is 450 g/mol. The van der Waals surface area contributed by atoms with Crippen LogP contribution in [-0.2, 0) is 4.74 Å². The molecule has 2 aromatic rings. The van der Waals surface area contributed by atoms with Gasteiger partial charge in [0.2, 0.25) is 0 Å². The Balaban J connectivity index is 1.49. The zero-order valence-electron chi connectivity index (χ0n) is 16.9. The summed E-state index contributed by atoms with van der Waals surface area (Å²) in [5, 5.41) is 17.6. The third kappa shape index (κ3) is 5.55. The number of halogens is 2. The van der Waals surface area contributed by atoms with Gasteiger partial charge in [0, 0.05) is 43.1 Å². The Hall–Kier alpha value is -1.60. The van der Waals surface area contributed by atoms with E-state index in [2.05, 4.69) is 20.6 Å². The molecule has 8 heteroatoms. The molecule has 0 spiro atoms. The van der Waals surface area contributed by atoms with Gasteiger partial charge >= 0.3 is 0 Å². The third-order valence-electron chi connectivity index (χ3n) is 5.97. The number of nitrogens with one attached hydrogen (secondary N) is 2. The van der Waals surface area contributed by atoms with Gasteiger partial charge in [0.1, 0.15) is 11.0 Å². The molecule has 0 bridgehead atoms. The minimum atomic E-state index is -0.182. The van der Waals surface area contributed by atoms with Gasteiger partial charge in [-0.1, -0.05) is 23.2 Å². The molecule has 1 aliphatic heterocycles. The second-order valence-corrected chi connectivity index (χ2v) is 8.96. The largest absolute Gasteiger partial charge is 0.393 e. The Kier molecular flexibility index (Phi) is 7.31. The van der Waals surface area contributed by atoms with E-state index < -0.39 is 0 Å².